The lowest BCUT2D eigenvalue weighted by Gasteiger charge is -2.30. The van der Waals surface area contributed by atoms with Gasteiger partial charge in [-0.25, -0.2) is 6.57 Å². The van der Waals surface area contributed by atoms with Crippen LogP contribution in [-0.4, -0.2) is 29.9 Å². The first-order valence-corrected chi connectivity index (χ1v) is 6.90. The Morgan fingerprint density at radius 2 is 2.00 bits per heavy atom. The van der Waals surface area contributed by atoms with Gasteiger partial charge in [0.15, 0.2) is 0 Å². The van der Waals surface area contributed by atoms with Gasteiger partial charge in [0.25, 0.3) is 0 Å². The minimum Gasteiger partial charge on any atom is -0.336 e. The smallest absolute Gasteiger partial charge is 0.306 e. The number of piperidine rings is 1. The number of nitrogens with zero attached hydrogens (tertiary/aromatic N) is 2. The Bertz CT molecular complexity index is 455. The summed E-state index contributed by atoms with van der Waals surface area (Å²) in [4.78, 5) is 17.8. The largest absolute Gasteiger partial charge is 0.336 e. The van der Waals surface area contributed by atoms with Gasteiger partial charge in [0, 0.05) is 13.1 Å². The molecule has 0 aromatic heterocycles. The summed E-state index contributed by atoms with van der Waals surface area (Å²) < 4.78 is 0. The predicted molar refractivity (Wildman–Crippen MR) is 75.5 cm³/mol. The average molecular weight is 256 g/mol. The fourth-order valence-electron chi connectivity index (χ4n) is 2.47. The van der Waals surface area contributed by atoms with Gasteiger partial charge in [-0.05, 0) is 24.3 Å². The standard InChI is InChI=1S/C16H20N2O/c1-13-8-10-18(11-9-13)16(19)15(17-2)12-14-6-4-3-5-7-14/h3-7,13,15H,8-12H2,1H3/t15-/m1/s1. The zero-order valence-corrected chi connectivity index (χ0v) is 11.4. The molecule has 0 spiro atoms. The Kier molecular flexibility index (Phi) is 4.57. The third-order valence-electron chi connectivity index (χ3n) is 3.81. The Labute approximate surface area is 115 Å². The van der Waals surface area contributed by atoms with E-state index in [1.165, 1.54) is 0 Å². The fourth-order valence-corrected chi connectivity index (χ4v) is 2.47. The van der Waals surface area contributed by atoms with E-state index in [4.69, 9.17) is 6.57 Å². The van der Waals surface area contributed by atoms with Gasteiger partial charge in [-0.2, -0.15) is 0 Å². The van der Waals surface area contributed by atoms with Crippen LogP contribution in [0.2, 0.25) is 0 Å². The molecule has 2 rings (SSSR count). The normalized spacial score (nSPS) is 17.8. The highest BCUT2D eigenvalue weighted by atomic mass is 16.2. The number of hydrogen-bond donors (Lipinski definition) is 0. The lowest BCUT2D eigenvalue weighted by molar-refractivity contribution is -0.132. The van der Waals surface area contributed by atoms with Crippen LogP contribution in [0.5, 0.6) is 0 Å². The molecule has 0 radical (unpaired) electrons. The van der Waals surface area contributed by atoms with Gasteiger partial charge < -0.3 is 9.74 Å². The van der Waals surface area contributed by atoms with Gasteiger partial charge in [-0.1, -0.05) is 37.3 Å². The quantitative estimate of drug-likeness (QED) is 0.763. The first kappa shape index (κ1) is 13.6. The molecule has 3 heteroatoms. The number of likely N-dealkylation sites (tertiary alicyclic amines) is 1. The van der Waals surface area contributed by atoms with Gasteiger partial charge in [-0.15, -0.1) is 0 Å². The molecular formula is C16H20N2O. The van der Waals surface area contributed by atoms with Gasteiger partial charge in [0.05, 0.1) is 6.42 Å². The van der Waals surface area contributed by atoms with Gasteiger partial charge >= 0.3 is 11.9 Å². The van der Waals surface area contributed by atoms with Crippen molar-refractivity contribution in [3.8, 4) is 0 Å². The van der Waals surface area contributed by atoms with Crippen LogP contribution in [-0.2, 0) is 11.2 Å². The molecule has 1 aliphatic heterocycles. The second-order valence-corrected chi connectivity index (χ2v) is 5.34. The predicted octanol–water partition coefficient (Wildman–Crippen LogP) is 2.78. The molecule has 0 unspecified atom stereocenters. The SMILES string of the molecule is [C-]#[N+][C@H](Cc1ccccc1)C(=O)N1CCC(C)CC1. The fraction of sp³-hybridized carbons (Fsp3) is 0.500. The molecule has 1 saturated heterocycles. The van der Waals surface area contributed by atoms with E-state index >= 15 is 0 Å². The maximum Gasteiger partial charge on any atom is 0.306 e. The maximum absolute atomic E-state index is 12.4. The summed E-state index contributed by atoms with van der Waals surface area (Å²) in [5.41, 5.74) is 1.06. The maximum atomic E-state index is 12.4. The number of carbonyl (C=O) groups is 1. The van der Waals surface area contributed by atoms with Crippen molar-refractivity contribution in [2.24, 2.45) is 5.92 Å². The lowest BCUT2D eigenvalue weighted by atomic mass is 9.98. The van der Waals surface area contributed by atoms with Crippen LogP contribution in [0.15, 0.2) is 30.3 Å². The van der Waals surface area contributed by atoms with E-state index in [1.54, 1.807) is 0 Å². The van der Waals surface area contributed by atoms with E-state index in [1.807, 2.05) is 35.2 Å². The van der Waals surface area contributed by atoms with Crippen molar-refractivity contribution in [3.05, 3.63) is 47.3 Å². The van der Waals surface area contributed by atoms with Crippen LogP contribution in [0.25, 0.3) is 4.85 Å². The van der Waals surface area contributed by atoms with Crippen molar-refractivity contribution in [3.63, 3.8) is 0 Å². The van der Waals surface area contributed by atoms with Crippen molar-refractivity contribution in [2.45, 2.75) is 32.2 Å². The van der Waals surface area contributed by atoms with E-state index < -0.39 is 6.04 Å². The molecule has 1 amide bonds. The molecular weight excluding hydrogens is 236 g/mol. The topological polar surface area (TPSA) is 24.7 Å². The average Bonchev–Trinajstić information content (AvgIpc) is 2.46. The molecule has 0 saturated carbocycles. The number of hydrogen-bond acceptors (Lipinski definition) is 1. The second-order valence-electron chi connectivity index (χ2n) is 5.34. The molecule has 1 aromatic carbocycles. The van der Waals surface area contributed by atoms with Crippen LogP contribution in [0, 0.1) is 12.5 Å². The molecule has 3 nitrogen and oxygen atoms in total. The van der Waals surface area contributed by atoms with E-state index in [-0.39, 0.29) is 5.91 Å². The van der Waals surface area contributed by atoms with E-state index in [0.717, 1.165) is 31.5 Å². The molecule has 0 N–H and O–H groups in total. The third kappa shape index (κ3) is 3.57. The minimum absolute atomic E-state index is 0.00533. The zero-order chi connectivity index (χ0) is 13.7. The summed E-state index contributed by atoms with van der Waals surface area (Å²) in [7, 11) is 0. The molecule has 0 bridgehead atoms. The van der Waals surface area contributed by atoms with Crippen LogP contribution in [0.1, 0.15) is 25.3 Å². The Morgan fingerprint density at radius 3 is 2.58 bits per heavy atom. The van der Waals surface area contributed by atoms with Gasteiger partial charge in [-0.3, -0.25) is 4.79 Å². The van der Waals surface area contributed by atoms with Crippen molar-refractivity contribution < 1.29 is 4.79 Å². The second kappa shape index (κ2) is 6.38. The van der Waals surface area contributed by atoms with Crippen LogP contribution >= 0.6 is 0 Å². The summed E-state index contributed by atoms with van der Waals surface area (Å²) in [5, 5.41) is 0. The molecule has 1 aliphatic rings. The number of rotatable bonds is 3. The molecule has 1 heterocycles. The first-order valence-electron chi connectivity index (χ1n) is 6.90. The van der Waals surface area contributed by atoms with E-state index in [9.17, 15) is 4.79 Å². The molecule has 1 atom stereocenters. The Balaban J connectivity index is 1.98. The number of benzene rings is 1. The highest BCUT2D eigenvalue weighted by Crippen LogP contribution is 2.18. The van der Waals surface area contributed by atoms with Crippen molar-refractivity contribution in [1.29, 1.82) is 0 Å². The molecule has 100 valence electrons. The van der Waals surface area contributed by atoms with Crippen molar-refractivity contribution >= 4 is 5.91 Å². The highest BCUT2D eigenvalue weighted by Gasteiger charge is 2.31. The van der Waals surface area contributed by atoms with E-state index in [0.29, 0.717) is 12.3 Å². The van der Waals surface area contributed by atoms with Gasteiger partial charge in [0.1, 0.15) is 0 Å². The summed E-state index contributed by atoms with van der Waals surface area (Å²) in [5.74, 6) is 0.704. The summed E-state index contributed by atoms with van der Waals surface area (Å²) in [6.45, 7) is 11.1. The monoisotopic (exact) mass is 256 g/mol. The van der Waals surface area contributed by atoms with Crippen LogP contribution in [0.3, 0.4) is 0 Å². The van der Waals surface area contributed by atoms with Crippen molar-refractivity contribution in [1.82, 2.24) is 4.90 Å². The summed E-state index contributed by atoms with van der Waals surface area (Å²) in [6, 6.07) is 9.24. The van der Waals surface area contributed by atoms with Crippen LogP contribution < -0.4 is 0 Å². The zero-order valence-electron chi connectivity index (χ0n) is 11.4. The van der Waals surface area contributed by atoms with Crippen LogP contribution in [0.4, 0.5) is 0 Å². The van der Waals surface area contributed by atoms with Crippen molar-refractivity contribution in [2.75, 3.05) is 13.1 Å². The molecule has 19 heavy (non-hydrogen) atoms. The number of carbonyl (C=O) groups excluding carboxylic acids is 1. The first-order chi connectivity index (χ1) is 9.20. The molecule has 0 aliphatic carbocycles. The van der Waals surface area contributed by atoms with E-state index in [2.05, 4.69) is 11.8 Å². The van der Waals surface area contributed by atoms with Gasteiger partial charge in [0.2, 0.25) is 0 Å². The molecule has 1 aromatic rings. The minimum atomic E-state index is -0.559. The number of amides is 1. The molecule has 1 fully saturated rings. The third-order valence-corrected chi connectivity index (χ3v) is 3.81. The summed E-state index contributed by atoms with van der Waals surface area (Å²) >= 11 is 0. The summed E-state index contributed by atoms with van der Waals surface area (Å²) in [6.07, 6.45) is 2.64. The Hall–Kier alpha value is -1.82. The Morgan fingerprint density at radius 1 is 1.37 bits per heavy atom. The highest BCUT2D eigenvalue weighted by molar-refractivity contribution is 5.84. The lowest BCUT2D eigenvalue weighted by Crippen LogP contribution is -2.43.